The number of carbonyl (C=O) groups is 3. The van der Waals surface area contributed by atoms with Gasteiger partial charge in [0.2, 0.25) is 6.04 Å². The summed E-state index contributed by atoms with van der Waals surface area (Å²) in [5.41, 5.74) is -0.776. The van der Waals surface area contributed by atoms with Gasteiger partial charge in [0.25, 0.3) is 0 Å². The van der Waals surface area contributed by atoms with E-state index in [1.807, 2.05) is 5.32 Å². The molecule has 1 atom stereocenters. The summed E-state index contributed by atoms with van der Waals surface area (Å²) in [6.07, 6.45) is -0.988. The summed E-state index contributed by atoms with van der Waals surface area (Å²) in [5, 5.41) is 10.7. The van der Waals surface area contributed by atoms with E-state index in [0.717, 1.165) is 0 Å². The second kappa shape index (κ2) is 8.34. The van der Waals surface area contributed by atoms with Gasteiger partial charge in [-0.05, 0) is 27.7 Å². The number of hydrogen-bond acceptors (Lipinski definition) is 5. The van der Waals surface area contributed by atoms with E-state index in [0.29, 0.717) is 0 Å². The molecule has 0 rings (SSSR count). The Hall–Kier alpha value is -0.790. The number of amides is 1. The maximum absolute atomic E-state index is 11.3. The minimum absolute atomic E-state index is 0. The van der Waals surface area contributed by atoms with Crippen molar-refractivity contribution >= 4 is 47.6 Å². The van der Waals surface area contributed by atoms with Crippen LogP contribution in [0.15, 0.2) is 0 Å². The van der Waals surface area contributed by atoms with Crippen LogP contribution < -0.4 is 5.32 Å². The molecule has 0 heterocycles. The van der Waals surface area contributed by atoms with Gasteiger partial charge in [-0.25, -0.2) is 14.4 Å². The van der Waals surface area contributed by atoms with Crippen LogP contribution in [0, 0.1) is 0 Å². The van der Waals surface area contributed by atoms with Crippen LogP contribution in [0.3, 0.4) is 0 Å². The molecule has 7 nitrogen and oxygen atoms in total. The number of hydrogen-bond donors (Lipinski definition) is 2. The number of ether oxygens (including phenoxy) is 2. The second-order valence-corrected chi connectivity index (χ2v) is 4.17. The molecule has 1 radical (unpaired) electrons. The van der Waals surface area contributed by atoms with Gasteiger partial charge in [-0.1, -0.05) is 0 Å². The Morgan fingerprint density at radius 1 is 1.28 bits per heavy atom. The van der Waals surface area contributed by atoms with Crippen molar-refractivity contribution < 1.29 is 29.0 Å². The van der Waals surface area contributed by atoms with Crippen LogP contribution in [0.4, 0.5) is 4.79 Å². The van der Waals surface area contributed by atoms with Crippen molar-refractivity contribution in [1.82, 2.24) is 5.32 Å². The molecule has 0 aromatic carbocycles. The van der Waals surface area contributed by atoms with Crippen LogP contribution in [0.2, 0.25) is 0 Å². The Balaban J connectivity index is 0. The number of carbonyl (C=O) groups excluding carboxylic acids is 2. The minimum atomic E-state index is -1.76. The largest absolute Gasteiger partial charge is 0.479 e. The number of nitrogens with one attached hydrogen (secondary N) is 1. The van der Waals surface area contributed by atoms with Crippen molar-refractivity contribution in [2.75, 3.05) is 6.61 Å². The molecular formula is C10H17NNaO6. The molecule has 2 N–H and O–H groups in total. The molecule has 99 valence electrons. The standard InChI is InChI=1S/C10H17NO6.Na/c1-5-16-8(14)6(7(12)13)11-9(15)17-10(2,3)4;/h6H,5H2,1-4H3,(H,11,15)(H,12,13);. The van der Waals surface area contributed by atoms with E-state index in [-0.39, 0.29) is 36.2 Å². The Bertz CT molecular complexity index is 312. The molecular weight excluding hydrogens is 253 g/mol. The first kappa shape index (κ1) is 19.5. The number of alkyl carbamates (subject to hydrolysis) is 1. The Labute approximate surface area is 127 Å². The molecule has 0 saturated carbocycles. The maximum Gasteiger partial charge on any atom is 0.408 e. The number of aliphatic carboxylic acids is 1. The van der Waals surface area contributed by atoms with Gasteiger partial charge in [0.05, 0.1) is 6.61 Å². The van der Waals surface area contributed by atoms with Gasteiger partial charge < -0.3 is 14.6 Å². The Morgan fingerprint density at radius 3 is 2.11 bits per heavy atom. The van der Waals surface area contributed by atoms with Crippen molar-refractivity contribution in [2.24, 2.45) is 0 Å². The SMILES string of the molecule is CCOC(=O)C(NC(=O)OC(C)(C)C)C(=O)O.[Na]. The molecule has 0 aliphatic carbocycles. The summed E-state index contributed by atoms with van der Waals surface area (Å²) in [7, 11) is 0. The van der Waals surface area contributed by atoms with E-state index < -0.39 is 29.7 Å². The van der Waals surface area contributed by atoms with Gasteiger partial charge in [-0.15, -0.1) is 0 Å². The van der Waals surface area contributed by atoms with Crippen LogP contribution >= 0.6 is 0 Å². The van der Waals surface area contributed by atoms with E-state index in [4.69, 9.17) is 9.84 Å². The van der Waals surface area contributed by atoms with Crippen LogP contribution in [0.25, 0.3) is 0 Å². The molecule has 0 saturated heterocycles. The molecule has 1 unspecified atom stereocenters. The number of rotatable bonds is 4. The number of carboxylic acid groups (broad SMARTS) is 1. The second-order valence-electron chi connectivity index (χ2n) is 4.17. The van der Waals surface area contributed by atoms with E-state index in [1.165, 1.54) is 6.92 Å². The molecule has 0 spiro atoms. The van der Waals surface area contributed by atoms with Gasteiger partial charge >= 0.3 is 18.0 Å². The van der Waals surface area contributed by atoms with Gasteiger partial charge in [-0.2, -0.15) is 0 Å². The van der Waals surface area contributed by atoms with Crippen LogP contribution in [0.1, 0.15) is 27.7 Å². The Morgan fingerprint density at radius 2 is 1.78 bits per heavy atom. The third-order valence-corrected chi connectivity index (χ3v) is 1.43. The normalized spacial score (nSPS) is 11.8. The molecule has 0 aromatic rings. The molecule has 0 aliphatic heterocycles. The molecule has 8 heteroatoms. The molecule has 0 bridgehead atoms. The maximum atomic E-state index is 11.3. The zero-order valence-corrected chi connectivity index (χ0v) is 13.3. The predicted octanol–water partition coefficient (Wildman–Crippen LogP) is 0.147. The first-order chi connectivity index (χ1) is 7.67. The zero-order valence-electron chi connectivity index (χ0n) is 11.3. The van der Waals surface area contributed by atoms with Gasteiger partial charge in [0.1, 0.15) is 5.60 Å². The summed E-state index contributed by atoms with van der Waals surface area (Å²) < 4.78 is 9.33. The van der Waals surface area contributed by atoms with Crippen LogP contribution in [-0.2, 0) is 19.1 Å². The molecule has 0 aromatic heterocycles. The molecule has 0 fully saturated rings. The number of esters is 1. The van der Waals surface area contributed by atoms with Crippen molar-refractivity contribution in [3.8, 4) is 0 Å². The smallest absolute Gasteiger partial charge is 0.408 e. The fourth-order valence-corrected chi connectivity index (χ4v) is 0.872. The average molecular weight is 270 g/mol. The van der Waals surface area contributed by atoms with Crippen molar-refractivity contribution in [2.45, 2.75) is 39.3 Å². The third kappa shape index (κ3) is 8.32. The average Bonchev–Trinajstić information content (AvgIpc) is 2.11. The summed E-state index contributed by atoms with van der Waals surface area (Å²) in [6, 6.07) is -1.76. The van der Waals surface area contributed by atoms with Crippen molar-refractivity contribution in [3.05, 3.63) is 0 Å². The molecule has 0 aliphatic rings. The van der Waals surface area contributed by atoms with Gasteiger partial charge in [0, 0.05) is 29.6 Å². The van der Waals surface area contributed by atoms with E-state index in [9.17, 15) is 14.4 Å². The predicted molar refractivity (Wildman–Crippen MR) is 63.2 cm³/mol. The molecule has 1 amide bonds. The van der Waals surface area contributed by atoms with Crippen LogP contribution in [-0.4, -0.2) is 70.9 Å². The molecule has 18 heavy (non-hydrogen) atoms. The number of carboxylic acids is 1. The van der Waals surface area contributed by atoms with E-state index in [1.54, 1.807) is 20.8 Å². The van der Waals surface area contributed by atoms with Gasteiger partial charge in [0.15, 0.2) is 0 Å². The topological polar surface area (TPSA) is 102 Å². The van der Waals surface area contributed by atoms with Crippen molar-refractivity contribution in [3.63, 3.8) is 0 Å². The Kier molecular flexibility index (Phi) is 9.05. The fraction of sp³-hybridized carbons (Fsp3) is 0.700. The quantitative estimate of drug-likeness (QED) is 0.428. The van der Waals surface area contributed by atoms with E-state index >= 15 is 0 Å². The summed E-state index contributed by atoms with van der Waals surface area (Å²) in [6.45, 7) is 6.41. The first-order valence-electron chi connectivity index (χ1n) is 5.06. The first-order valence-corrected chi connectivity index (χ1v) is 5.06. The zero-order chi connectivity index (χ0) is 13.6. The summed E-state index contributed by atoms with van der Waals surface area (Å²) in [4.78, 5) is 33.2. The minimum Gasteiger partial charge on any atom is -0.479 e. The van der Waals surface area contributed by atoms with Crippen LogP contribution in [0.5, 0.6) is 0 Å². The summed E-state index contributed by atoms with van der Waals surface area (Å²) in [5.74, 6) is -2.54. The monoisotopic (exact) mass is 270 g/mol. The van der Waals surface area contributed by atoms with Gasteiger partial charge in [-0.3, -0.25) is 5.32 Å². The van der Waals surface area contributed by atoms with E-state index in [2.05, 4.69) is 4.74 Å². The van der Waals surface area contributed by atoms with Crippen molar-refractivity contribution in [1.29, 1.82) is 0 Å². The third-order valence-electron chi connectivity index (χ3n) is 1.43. The summed E-state index contributed by atoms with van der Waals surface area (Å²) >= 11 is 0. The fourth-order valence-electron chi connectivity index (χ4n) is 0.872.